The van der Waals surface area contributed by atoms with Gasteiger partial charge >= 0.3 is 0 Å². The summed E-state index contributed by atoms with van der Waals surface area (Å²) in [6.07, 6.45) is 8.60. The molecule has 1 saturated carbocycles. The summed E-state index contributed by atoms with van der Waals surface area (Å²) in [6, 6.07) is 0. The molecule has 0 N–H and O–H groups in total. The van der Waals surface area contributed by atoms with Crippen LogP contribution in [0.2, 0.25) is 0 Å². The second-order valence-electron chi connectivity index (χ2n) is 9.25. The summed E-state index contributed by atoms with van der Waals surface area (Å²) in [6.45, 7) is 19.6. The van der Waals surface area contributed by atoms with Gasteiger partial charge in [0.05, 0.1) is 0 Å². The van der Waals surface area contributed by atoms with Crippen molar-refractivity contribution >= 4 is 0 Å². The first-order valence-electron chi connectivity index (χ1n) is 9.71. The minimum absolute atomic E-state index is 0.587. The van der Waals surface area contributed by atoms with Crippen LogP contribution in [0.25, 0.3) is 0 Å². The molecule has 1 fully saturated rings. The van der Waals surface area contributed by atoms with E-state index in [1.807, 2.05) is 0 Å². The molecule has 0 aliphatic heterocycles. The van der Waals surface area contributed by atoms with E-state index in [4.69, 9.17) is 0 Å². The Labute approximate surface area is 135 Å². The van der Waals surface area contributed by atoms with Crippen LogP contribution < -0.4 is 0 Å². The highest BCUT2D eigenvalue weighted by Gasteiger charge is 2.43. The molecule has 1 aliphatic carbocycles. The molecule has 0 saturated heterocycles. The van der Waals surface area contributed by atoms with Crippen LogP contribution in [0.3, 0.4) is 0 Å². The Balaban J connectivity index is 2.76. The molecule has 0 radical (unpaired) electrons. The van der Waals surface area contributed by atoms with E-state index in [1.54, 1.807) is 0 Å². The maximum atomic E-state index is 2.62. The van der Waals surface area contributed by atoms with E-state index in [2.05, 4.69) is 55.4 Å². The zero-order valence-electron chi connectivity index (χ0n) is 16.2. The summed E-state index contributed by atoms with van der Waals surface area (Å²) < 4.78 is 0. The van der Waals surface area contributed by atoms with Gasteiger partial charge in [-0.15, -0.1) is 0 Å². The van der Waals surface area contributed by atoms with E-state index in [1.165, 1.54) is 38.5 Å². The summed E-state index contributed by atoms with van der Waals surface area (Å²) in [7, 11) is 0. The van der Waals surface area contributed by atoms with Crippen molar-refractivity contribution in [2.75, 3.05) is 0 Å². The van der Waals surface area contributed by atoms with Crippen molar-refractivity contribution in [2.45, 2.75) is 93.9 Å². The first kappa shape index (κ1) is 19.0. The number of hydrogen-bond donors (Lipinski definition) is 0. The number of rotatable bonds is 9. The van der Waals surface area contributed by atoms with Gasteiger partial charge in [0.15, 0.2) is 0 Å². The lowest BCUT2D eigenvalue weighted by Crippen LogP contribution is -2.41. The lowest BCUT2D eigenvalue weighted by molar-refractivity contribution is 0.000370. The average Bonchev–Trinajstić information content (AvgIpc) is 2.34. The van der Waals surface area contributed by atoms with Gasteiger partial charge in [-0.3, -0.25) is 0 Å². The fourth-order valence-corrected chi connectivity index (χ4v) is 5.18. The molecule has 0 bridgehead atoms. The van der Waals surface area contributed by atoms with Crippen LogP contribution in [-0.4, -0.2) is 0 Å². The molecule has 0 nitrogen and oxygen atoms in total. The molecule has 1 aliphatic rings. The molecule has 126 valence electrons. The molecular formula is C21H42. The van der Waals surface area contributed by atoms with Gasteiger partial charge in [-0.2, -0.15) is 0 Å². The van der Waals surface area contributed by atoms with Crippen molar-refractivity contribution in [3.05, 3.63) is 0 Å². The van der Waals surface area contributed by atoms with Crippen molar-refractivity contribution in [1.29, 1.82) is 0 Å². The van der Waals surface area contributed by atoms with E-state index in [0.717, 1.165) is 35.5 Å². The van der Waals surface area contributed by atoms with E-state index in [9.17, 15) is 0 Å². The average molecular weight is 295 g/mol. The van der Waals surface area contributed by atoms with Crippen molar-refractivity contribution in [3.63, 3.8) is 0 Å². The van der Waals surface area contributed by atoms with Crippen LogP contribution >= 0.6 is 0 Å². The third-order valence-electron chi connectivity index (χ3n) is 6.65. The molecule has 0 aromatic rings. The van der Waals surface area contributed by atoms with E-state index < -0.39 is 0 Å². The Bertz CT molecular complexity index is 290. The second-order valence-corrected chi connectivity index (χ2v) is 9.25. The Kier molecular flexibility index (Phi) is 7.28. The van der Waals surface area contributed by atoms with Crippen molar-refractivity contribution < 1.29 is 0 Å². The maximum absolute atomic E-state index is 2.62. The summed E-state index contributed by atoms with van der Waals surface area (Å²) in [5.74, 6) is 5.41. The van der Waals surface area contributed by atoms with Gasteiger partial charge < -0.3 is 0 Å². The predicted octanol–water partition coefficient (Wildman–Crippen LogP) is 7.18. The highest BCUT2D eigenvalue weighted by molar-refractivity contribution is 4.93. The molecule has 0 aromatic heterocycles. The first-order chi connectivity index (χ1) is 9.71. The minimum atomic E-state index is 0.587. The molecule has 0 heteroatoms. The molecule has 21 heavy (non-hydrogen) atoms. The van der Waals surface area contributed by atoms with Crippen molar-refractivity contribution in [2.24, 2.45) is 40.9 Å². The van der Waals surface area contributed by atoms with Gasteiger partial charge in [-0.25, -0.2) is 0 Å². The minimum Gasteiger partial charge on any atom is -0.0651 e. The van der Waals surface area contributed by atoms with Gasteiger partial charge in [0, 0.05) is 0 Å². The van der Waals surface area contributed by atoms with Crippen LogP contribution in [0, 0.1) is 40.9 Å². The lowest BCUT2D eigenvalue weighted by atomic mass is 9.55. The lowest BCUT2D eigenvalue weighted by Gasteiger charge is -2.50. The second kappa shape index (κ2) is 8.02. The summed E-state index contributed by atoms with van der Waals surface area (Å²) in [5.41, 5.74) is 0.587. The molecule has 0 spiro atoms. The Morgan fingerprint density at radius 1 is 1.05 bits per heavy atom. The fraction of sp³-hybridized carbons (Fsp3) is 1.00. The molecule has 1 rings (SSSR count). The van der Waals surface area contributed by atoms with Crippen molar-refractivity contribution in [1.82, 2.24) is 0 Å². The van der Waals surface area contributed by atoms with Gasteiger partial charge in [0.25, 0.3) is 0 Å². The standard InChI is InChI=1S/C21H42/c1-9-19(16(4)5)18(7)14-21(8,13-12-15(2)3)20-11-10-17(20)6/h15-20H,9-14H2,1-8H3. The third-order valence-corrected chi connectivity index (χ3v) is 6.65. The normalized spacial score (nSPS) is 28.3. The highest BCUT2D eigenvalue weighted by Crippen LogP contribution is 2.53. The van der Waals surface area contributed by atoms with Gasteiger partial charge in [-0.05, 0) is 60.2 Å². The monoisotopic (exact) mass is 294 g/mol. The van der Waals surface area contributed by atoms with Gasteiger partial charge in [0.2, 0.25) is 0 Å². The smallest absolute Gasteiger partial charge is 0.0292 e. The third kappa shape index (κ3) is 5.00. The first-order valence-corrected chi connectivity index (χ1v) is 9.71. The Hall–Kier alpha value is 0. The fourth-order valence-electron chi connectivity index (χ4n) is 5.18. The number of hydrogen-bond acceptors (Lipinski definition) is 0. The Morgan fingerprint density at radius 2 is 1.67 bits per heavy atom. The van der Waals surface area contributed by atoms with Gasteiger partial charge in [0.1, 0.15) is 0 Å². The van der Waals surface area contributed by atoms with Crippen LogP contribution in [0.1, 0.15) is 93.9 Å². The van der Waals surface area contributed by atoms with Crippen LogP contribution in [-0.2, 0) is 0 Å². The zero-order chi connectivity index (χ0) is 16.2. The largest absolute Gasteiger partial charge is 0.0651 e. The Morgan fingerprint density at radius 3 is 2.00 bits per heavy atom. The van der Waals surface area contributed by atoms with Gasteiger partial charge in [-0.1, -0.05) is 74.7 Å². The molecule has 5 atom stereocenters. The predicted molar refractivity (Wildman–Crippen MR) is 96.5 cm³/mol. The topological polar surface area (TPSA) is 0 Å². The molecule has 0 aromatic carbocycles. The summed E-state index contributed by atoms with van der Waals surface area (Å²) >= 11 is 0. The molecule has 0 amide bonds. The van der Waals surface area contributed by atoms with E-state index in [-0.39, 0.29) is 0 Å². The SMILES string of the molecule is CCC(C(C)C)C(C)CC(C)(CCC(C)C)C1CCC1C. The quantitative estimate of drug-likeness (QED) is 0.422. The highest BCUT2D eigenvalue weighted by atomic mass is 14.5. The molecular weight excluding hydrogens is 252 g/mol. The van der Waals surface area contributed by atoms with E-state index in [0.29, 0.717) is 5.41 Å². The van der Waals surface area contributed by atoms with Crippen LogP contribution in [0.5, 0.6) is 0 Å². The summed E-state index contributed by atoms with van der Waals surface area (Å²) in [4.78, 5) is 0. The summed E-state index contributed by atoms with van der Waals surface area (Å²) in [5, 5.41) is 0. The molecule has 0 heterocycles. The molecule has 5 unspecified atom stereocenters. The zero-order valence-corrected chi connectivity index (χ0v) is 16.2. The van der Waals surface area contributed by atoms with Crippen LogP contribution in [0.15, 0.2) is 0 Å². The van der Waals surface area contributed by atoms with Crippen molar-refractivity contribution in [3.8, 4) is 0 Å². The van der Waals surface area contributed by atoms with E-state index >= 15 is 0 Å². The van der Waals surface area contributed by atoms with Crippen LogP contribution in [0.4, 0.5) is 0 Å². The maximum Gasteiger partial charge on any atom is -0.0292 e.